The molecule has 4 nitrogen and oxygen atoms in total. The summed E-state index contributed by atoms with van der Waals surface area (Å²) in [5.41, 5.74) is 8.38. The number of anilines is 1. The average molecular weight is 246 g/mol. The number of nitrogens with two attached hydrogens (primary N) is 1. The van der Waals surface area contributed by atoms with Crippen LogP contribution < -0.4 is 10.6 Å². The van der Waals surface area contributed by atoms with E-state index in [1.807, 2.05) is 6.20 Å². The Labute approximate surface area is 109 Å². The molecule has 18 heavy (non-hydrogen) atoms. The molecule has 0 unspecified atom stereocenters. The number of hydrogen-bond acceptors (Lipinski definition) is 4. The number of rotatable bonds is 2. The zero-order chi connectivity index (χ0) is 12.4. The van der Waals surface area contributed by atoms with E-state index in [4.69, 9.17) is 10.7 Å². The van der Waals surface area contributed by atoms with E-state index in [-0.39, 0.29) is 0 Å². The highest BCUT2D eigenvalue weighted by atomic mass is 15.3. The lowest BCUT2D eigenvalue weighted by Gasteiger charge is -2.31. The van der Waals surface area contributed by atoms with Gasteiger partial charge in [-0.05, 0) is 56.6 Å². The molecule has 0 aromatic carbocycles. The quantitative estimate of drug-likeness (QED) is 0.860. The van der Waals surface area contributed by atoms with Crippen molar-refractivity contribution in [2.24, 2.45) is 11.7 Å². The molecule has 0 saturated carbocycles. The predicted molar refractivity (Wildman–Crippen MR) is 72.7 cm³/mol. The van der Waals surface area contributed by atoms with Crippen molar-refractivity contribution < 1.29 is 0 Å². The maximum atomic E-state index is 5.73. The molecule has 1 aromatic rings. The van der Waals surface area contributed by atoms with E-state index in [1.165, 1.54) is 36.9 Å². The standard InChI is InChI=1S/C14H22N4/c15-9-11-5-7-18(8-6-11)14-16-10-12-3-1-2-4-13(12)17-14/h10-11H,1-9,15H2. The number of hydrogen-bond donors (Lipinski definition) is 1. The molecule has 3 rings (SSSR count). The summed E-state index contributed by atoms with van der Waals surface area (Å²) in [4.78, 5) is 11.6. The van der Waals surface area contributed by atoms with E-state index in [9.17, 15) is 0 Å². The lowest BCUT2D eigenvalue weighted by atomic mass is 9.97. The van der Waals surface area contributed by atoms with Crippen LogP contribution in [-0.2, 0) is 12.8 Å². The average Bonchev–Trinajstić information content (AvgIpc) is 2.47. The van der Waals surface area contributed by atoms with Crippen molar-refractivity contribution in [2.45, 2.75) is 38.5 Å². The minimum atomic E-state index is 0.693. The van der Waals surface area contributed by atoms with Crippen LogP contribution >= 0.6 is 0 Å². The topological polar surface area (TPSA) is 55.0 Å². The lowest BCUT2D eigenvalue weighted by Crippen LogP contribution is -2.37. The summed E-state index contributed by atoms with van der Waals surface area (Å²) in [5.74, 6) is 1.63. The summed E-state index contributed by atoms with van der Waals surface area (Å²) in [7, 11) is 0. The first-order chi connectivity index (χ1) is 8.86. The largest absolute Gasteiger partial charge is 0.341 e. The second-order valence-corrected chi connectivity index (χ2v) is 5.52. The van der Waals surface area contributed by atoms with Gasteiger partial charge in [0, 0.05) is 25.0 Å². The van der Waals surface area contributed by atoms with Crippen LogP contribution in [0.1, 0.15) is 36.9 Å². The molecule has 2 heterocycles. The van der Waals surface area contributed by atoms with Crippen LogP contribution in [0.3, 0.4) is 0 Å². The summed E-state index contributed by atoms with van der Waals surface area (Å²) in [6.07, 6.45) is 9.25. The molecule has 4 heteroatoms. The lowest BCUT2D eigenvalue weighted by molar-refractivity contribution is 0.411. The second kappa shape index (κ2) is 5.22. The van der Waals surface area contributed by atoms with Crippen LogP contribution in [0.4, 0.5) is 5.95 Å². The molecule has 1 saturated heterocycles. The molecule has 1 aromatic heterocycles. The van der Waals surface area contributed by atoms with E-state index in [0.717, 1.165) is 38.4 Å². The van der Waals surface area contributed by atoms with Crippen molar-refractivity contribution in [3.8, 4) is 0 Å². The molecule has 2 N–H and O–H groups in total. The van der Waals surface area contributed by atoms with Crippen LogP contribution in [0.5, 0.6) is 0 Å². The van der Waals surface area contributed by atoms with Crippen molar-refractivity contribution in [1.82, 2.24) is 9.97 Å². The van der Waals surface area contributed by atoms with E-state index >= 15 is 0 Å². The zero-order valence-corrected chi connectivity index (χ0v) is 10.9. The van der Waals surface area contributed by atoms with E-state index in [0.29, 0.717) is 5.92 Å². The van der Waals surface area contributed by atoms with E-state index < -0.39 is 0 Å². The van der Waals surface area contributed by atoms with Crippen molar-refractivity contribution >= 4 is 5.95 Å². The second-order valence-electron chi connectivity index (χ2n) is 5.52. The van der Waals surface area contributed by atoms with Crippen LogP contribution in [0, 0.1) is 5.92 Å². The zero-order valence-electron chi connectivity index (χ0n) is 10.9. The Morgan fingerprint density at radius 3 is 2.78 bits per heavy atom. The predicted octanol–water partition coefficient (Wildman–Crippen LogP) is 1.53. The van der Waals surface area contributed by atoms with Crippen molar-refractivity contribution in [1.29, 1.82) is 0 Å². The monoisotopic (exact) mass is 246 g/mol. The van der Waals surface area contributed by atoms with Gasteiger partial charge in [0.15, 0.2) is 0 Å². The highest BCUT2D eigenvalue weighted by Crippen LogP contribution is 2.23. The minimum absolute atomic E-state index is 0.693. The van der Waals surface area contributed by atoms with Gasteiger partial charge in [-0.2, -0.15) is 0 Å². The van der Waals surface area contributed by atoms with Gasteiger partial charge in [-0.3, -0.25) is 0 Å². The Balaban J connectivity index is 1.73. The fraction of sp³-hybridized carbons (Fsp3) is 0.714. The first-order valence-electron chi connectivity index (χ1n) is 7.16. The molecular weight excluding hydrogens is 224 g/mol. The summed E-state index contributed by atoms with van der Waals surface area (Å²) in [6.45, 7) is 2.93. The molecule has 0 bridgehead atoms. The number of aromatic nitrogens is 2. The first kappa shape index (κ1) is 11.9. The summed E-state index contributed by atoms with van der Waals surface area (Å²) in [5, 5.41) is 0. The molecule has 2 aliphatic rings. The third-order valence-electron chi connectivity index (χ3n) is 4.28. The Hall–Kier alpha value is -1.16. The van der Waals surface area contributed by atoms with Gasteiger partial charge in [0.25, 0.3) is 0 Å². The molecule has 1 aliphatic carbocycles. The first-order valence-corrected chi connectivity index (χ1v) is 7.16. The SMILES string of the molecule is NCC1CCN(c2ncc3c(n2)CCCC3)CC1. The van der Waals surface area contributed by atoms with Gasteiger partial charge < -0.3 is 10.6 Å². The highest BCUT2D eigenvalue weighted by molar-refractivity contribution is 5.34. The fourth-order valence-electron chi connectivity index (χ4n) is 2.99. The Morgan fingerprint density at radius 2 is 2.00 bits per heavy atom. The van der Waals surface area contributed by atoms with Crippen molar-refractivity contribution in [2.75, 3.05) is 24.5 Å². The maximum absolute atomic E-state index is 5.73. The summed E-state index contributed by atoms with van der Waals surface area (Å²) >= 11 is 0. The van der Waals surface area contributed by atoms with Gasteiger partial charge in [0.05, 0.1) is 0 Å². The Bertz CT molecular complexity index is 410. The van der Waals surface area contributed by atoms with Crippen LogP contribution in [0.25, 0.3) is 0 Å². The minimum Gasteiger partial charge on any atom is -0.341 e. The Kier molecular flexibility index (Phi) is 3.46. The van der Waals surface area contributed by atoms with Gasteiger partial charge in [-0.15, -0.1) is 0 Å². The molecule has 0 atom stereocenters. The molecule has 1 fully saturated rings. The molecular formula is C14H22N4. The third kappa shape index (κ3) is 2.34. The number of nitrogens with zero attached hydrogens (tertiary/aromatic N) is 3. The van der Waals surface area contributed by atoms with Gasteiger partial charge in [-0.25, -0.2) is 9.97 Å². The molecule has 0 radical (unpaired) electrons. The number of fused-ring (bicyclic) bond motifs is 1. The normalized spacial score (nSPS) is 20.8. The van der Waals surface area contributed by atoms with Gasteiger partial charge in [0.1, 0.15) is 0 Å². The summed E-state index contributed by atoms with van der Waals surface area (Å²) < 4.78 is 0. The van der Waals surface area contributed by atoms with E-state index in [1.54, 1.807) is 0 Å². The van der Waals surface area contributed by atoms with Gasteiger partial charge in [-0.1, -0.05) is 0 Å². The molecule has 1 aliphatic heterocycles. The van der Waals surface area contributed by atoms with E-state index in [2.05, 4.69) is 9.88 Å². The van der Waals surface area contributed by atoms with Crippen LogP contribution in [0.2, 0.25) is 0 Å². The highest BCUT2D eigenvalue weighted by Gasteiger charge is 2.21. The third-order valence-corrected chi connectivity index (χ3v) is 4.28. The molecule has 0 amide bonds. The number of piperidine rings is 1. The molecule has 0 spiro atoms. The smallest absolute Gasteiger partial charge is 0.225 e. The number of aryl methyl sites for hydroxylation is 2. The summed E-state index contributed by atoms with van der Waals surface area (Å²) in [6, 6.07) is 0. The Morgan fingerprint density at radius 1 is 1.22 bits per heavy atom. The van der Waals surface area contributed by atoms with Crippen LogP contribution in [0.15, 0.2) is 6.20 Å². The molecule has 98 valence electrons. The van der Waals surface area contributed by atoms with Gasteiger partial charge >= 0.3 is 0 Å². The van der Waals surface area contributed by atoms with Crippen molar-refractivity contribution in [3.05, 3.63) is 17.5 Å². The van der Waals surface area contributed by atoms with Crippen LogP contribution in [-0.4, -0.2) is 29.6 Å². The van der Waals surface area contributed by atoms with Crippen molar-refractivity contribution in [3.63, 3.8) is 0 Å². The maximum Gasteiger partial charge on any atom is 0.225 e. The van der Waals surface area contributed by atoms with Gasteiger partial charge in [0.2, 0.25) is 5.95 Å². The fourth-order valence-corrected chi connectivity index (χ4v) is 2.99.